The van der Waals surface area contributed by atoms with Crippen molar-refractivity contribution in [3.05, 3.63) is 35.9 Å². The number of urea groups is 1. The van der Waals surface area contributed by atoms with Gasteiger partial charge in [0.25, 0.3) is 0 Å². The van der Waals surface area contributed by atoms with Gasteiger partial charge in [0.1, 0.15) is 0 Å². The van der Waals surface area contributed by atoms with Crippen LogP contribution in [-0.4, -0.2) is 50.8 Å². The Morgan fingerprint density at radius 2 is 1.80 bits per heavy atom. The SMILES string of the molecule is O=C(O)[C@@H](NC(=O)N1CCS(=O)CC1)c1ccccc1. The first-order chi connectivity index (χ1) is 9.58. The molecule has 1 aliphatic heterocycles. The molecule has 0 aromatic heterocycles. The van der Waals surface area contributed by atoms with Crippen LogP contribution in [0, 0.1) is 0 Å². The molecule has 108 valence electrons. The normalized spacial score (nSPS) is 17.5. The number of nitrogens with zero attached hydrogens (tertiary/aromatic N) is 1. The van der Waals surface area contributed by atoms with Gasteiger partial charge in [0, 0.05) is 35.4 Å². The first-order valence-corrected chi connectivity index (χ1v) is 7.75. The average Bonchev–Trinajstić information content (AvgIpc) is 2.46. The third-order valence-corrected chi connectivity index (χ3v) is 4.39. The largest absolute Gasteiger partial charge is 0.479 e. The van der Waals surface area contributed by atoms with Crippen LogP contribution in [0.15, 0.2) is 30.3 Å². The van der Waals surface area contributed by atoms with Crippen LogP contribution in [0.3, 0.4) is 0 Å². The van der Waals surface area contributed by atoms with Crippen molar-refractivity contribution >= 4 is 22.8 Å². The fourth-order valence-electron chi connectivity index (χ4n) is 1.99. The summed E-state index contributed by atoms with van der Waals surface area (Å²) in [6.07, 6.45) is 0. The number of hydrogen-bond acceptors (Lipinski definition) is 3. The van der Waals surface area contributed by atoms with E-state index in [4.69, 9.17) is 0 Å². The van der Waals surface area contributed by atoms with Crippen LogP contribution in [0.4, 0.5) is 4.79 Å². The van der Waals surface area contributed by atoms with Crippen LogP contribution < -0.4 is 5.32 Å². The van der Waals surface area contributed by atoms with Gasteiger partial charge in [-0.3, -0.25) is 4.21 Å². The fraction of sp³-hybridized carbons (Fsp3) is 0.385. The number of benzene rings is 1. The monoisotopic (exact) mass is 296 g/mol. The first kappa shape index (κ1) is 14.5. The number of aliphatic carboxylic acids is 1. The third-order valence-electron chi connectivity index (χ3n) is 3.11. The molecule has 1 aromatic carbocycles. The Bertz CT molecular complexity index is 510. The molecule has 0 spiro atoms. The Morgan fingerprint density at radius 3 is 2.35 bits per heavy atom. The maximum absolute atomic E-state index is 12.0. The highest BCUT2D eigenvalue weighted by molar-refractivity contribution is 7.85. The van der Waals surface area contributed by atoms with E-state index in [1.165, 1.54) is 4.90 Å². The van der Waals surface area contributed by atoms with E-state index < -0.39 is 28.8 Å². The topological polar surface area (TPSA) is 86.7 Å². The van der Waals surface area contributed by atoms with Crippen LogP contribution in [0.2, 0.25) is 0 Å². The molecule has 7 heteroatoms. The molecule has 1 aliphatic rings. The van der Waals surface area contributed by atoms with Gasteiger partial charge in [-0.1, -0.05) is 30.3 Å². The van der Waals surface area contributed by atoms with E-state index >= 15 is 0 Å². The van der Waals surface area contributed by atoms with Gasteiger partial charge in [-0.15, -0.1) is 0 Å². The first-order valence-electron chi connectivity index (χ1n) is 6.26. The highest BCUT2D eigenvalue weighted by atomic mass is 32.2. The average molecular weight is 296 g/mol. The van der Waals surface area contributed by atoms with Crippen molar-refractivity contribution in [2.45, 2.75) is 6.04 Å². The summed E-state index contributed by atoms with van der Waals surface area (Å²) in [6, 6.07) is 7.04. The van der Waals surface area contributed by atoms with Crippen molar-refractivity contribution in [2.75, 3.05) is 24.6 Å². The summed E-state index contributed by atoms with van der Waals surface area (Å²) in [4.78, 5) is 24.8. The molecule has 0 saturated carbocycles. The van der Waals surface area contributed by atoms with Crippen molar-refractivity contribution in [2.24, 2.45) is 0 Å². The number of carboxylic acids is 1. The van der Waals surface area contributed by atoms with Crippen molar-refractivity contribution in [1.29, 1.82) is 0 Å². The standard InChI is InChI=1S/C13H16N2O4S/c16-12(17)11(10-4-2-1-3-5-10)14-13(18)15-6-8-20(19)9-7-15/h1-5,11H,6-9H2,(H,14,18)(H,16,17)/t11-/m0/s1. The Kier molecular flexibility index (Phi) is 4.73. The predicted molar refractivity (Wildman–Crippen MR) is 74.8 cm³/mol. The predicted octanol–water partition coefficient (Wildman–Crippen LogP) is 0.586. The zero-order valence-electron chi connectivity index (χ0n) is 10.8. The van der Waals surface area contributed by atoms with Crippen molar-refractivity contribution in [3.8, 4) is 0 Å². The number of carbonyl (C=O) groups is 2. The second-order valence-corrected chi connectivity index (χ2v) is 6.16. The lowest BCUT2D eigenvalue weighted by Gasteiger charge is -2.28. The Hall–Kier alpha value is -1.89. The third kappa shape index (κ3) is 3.57. The number of carboxylic acid groups (broad SMARTS) is 1. The summed E-state index contributed by atoms with van der Waals surface area (Å²) in [5.74, 6) is -0.224. The summed E-state index contributed by atoms with van der Waals surface area (Å²) >= 11 is 0. The van der Waals surface area contributed by atoms with Crippen molar-refractivity contribution < 1.29 is 18.9 Å². The van der Waals surface area contributed by atoms with E-state index in [2.05, 4.69) is 5.32 Å². The highest BCUT2D eigenvalue weighted by Gasteiger charge is 2.26. The number of carbonyl (C=O) groups excluding carboxylic acids is 1. The number of hydrogen-bond donors (Lipinski definition) is 2. The molecule has 1 heterocycles. The van der Waals surface area contributed by atoms with Gasteiger partial charge in [-0.25, -0.2) is 9.59 Å². The van der Waals surface area contributed by atoms with E-state index in [1.54, 1.807) is 30.3 Å². The molecular formula is C13H16N2O4S. The second kappa shape index (κ2) is 6.51. The lowest BCUT2D eigenvalue weighted by Crippen LogP contribution is -2.48. The van der Waals surface area contributed by atoms with Crippen LogP contribution in [0.25, 0.3) is 0 Å². The summed E-state index contributed by atoms with van der Waals surface area (Å²) in [7, 11) is -0.873. The molecule has 0 aliphatic carbocycles. The van der Waals surface area contributed by atoms with Crippen LogP contribution in [0.5, 0.6) is 0 Å². The summed E-state index contributed by atoms with van der Waals surface area (Å²) in [5, 5.41) is 11.7. The molecule has 6 nitrogen and oxygen atoms in total. The summed E-state index contributed by atoms with van der Waals surface area (Å²) in [5.41, 5.74) is 0.522. The Morgan fingerprint density at radius 1 is 1.20 bits per heavy atom. The number of amides is 2. The molecule has 20 heavy (non-hydrogen) atoms. The van der Waals surface area contributed by atoms with Gasteiger partial charge in [-0.2, -0.15) is 0 Å². The van der Waals surface area contributed by atoms with E-state index in [1.807, 2.05) is 0 Å². The number of rotatable bonds is 3. The Balaban J connectivity index is 2.03. The van der Waals surface area contributed by atoms with Crippen molar-refractivity contribution in [1.82, 2.24) is 10.2 Å². The van der Waals surface area contributed by atoms with Gasteiger partial charge < -0.3 is 15.3 Å². The van der Waals surface area contributed by atoms with E-state index in [0.29, 0.717) is 30.2 Å². The molecule has 0 radical (unpaired) electrons. The summed E-state index contributed by atoms with van der Waals surface area (Å²) < 4.78 is 11.2. The van der Waals surface area contributed by atoms with Crippen LogP contribution >= 0.6 is 0 Å². The minimum Gasteiger partial charge on any atom is -0.479 e. The molecule has 1 saturated heterocycles. The zero-order chi connectivity index (χ0) is 14.5. The fourth-order valence-corrected chi connectivity index (χ4v) is 3.04. The maximum atomic E-state index is 12.0. The van der Waals surface area contributed by atoms with Gasteiger partial charge in [0.2, 0.25) is 0 Å². The minimum absolute atomic E-state index is 0.388. The molecule has 2 N–H and O–H groups in total. The van der Waals surface area contributed by atoms with Crippen LogP contribution in [-0.2, 0) is 15.6 Å². The van der Waals surface area contributed by atoms with Gasteiger partial charge >= 0.3 is 12.0 Å². The quantitative estimate of drug-likeness (QED) is 0.854. The molecule has 2 amide bonds. The van der Waals surface area contributed by atoms with Crippen LogP contribution in [0.1, 0.15) is 11.6 Å². The zero-order valence-corrected chi connectivity index (χ0v) is 11.6. The van der Waals surface area contributed by atoms with E-state index in [-0.39, 0.29) is 0 Å². The summed E-state index contributed by atoms with van der Waals surface area (Å²) in [6.45, 7) is 0.777. The second-order valence-electron chi connectivity index (χ2n) is 4.47. The smallest absolute Gasteiger partial charge is 0.330 e. The number of nitrogens with one attached hydrogen (secondary N) is 1. The van der Waals surface area contributed by atoms with Gasteiger partial charge in [0.15, 0.2) is 6.04 Å². The van der Waals surface area contributed by atoms with Crippen molar-refractivity contribution in [3.63, 3.8) is 0 Å². The lowest BCUT2D eigenvalue weighted by molar-refractivity contribution is -0.139. The minimum atomic E-state index is -1.11. The lowest BCUT2D eigenvalue weighted by atomic mass is 10.1. The molecule has 1 fully saturated rings. The molecular weight excluding hydrogens is 280 g/mol. The Labute approximate surface area is 119 Å². The molecule has 2 rings (SSSR count). The molecule has 1 aromatic rings. The van der Waals surface area contributed by atoms with E-state index in [0.717, 1.165) is 0 Å². The van der Waals surface area contributed by atoms with Gasteiger partial charge in [0.05, 0.1) is 0 Å². The highest BCUT2D eigenvalue weighted by Crippen LogP contribution is 2.13. The molecule has 0 bridgehead atoms. The molecule has 1 atom stereocenters. The maximum Gasteiger partial charge on any atom is 0.330 e. The van der Waals surface area contributed by atoms with E-state index in [9.17, 15) is 18.9 Å². The molecule has 0 unspecified atom stereocenters. The van der Waals surface area contributed by atoms with Gasteiger partial charge in [-0.05, 0) is 5.56 Å².